The maximum absolute atomic E-state index is 4.02. The molecule has 0 heterocycles. The first-order valence-electron chi connectivity index (χ1n) is 5.71. The van der Waals surface area contributed by atoms with Crippen molar-refractivity contribution in [3.63, 3.8) is 0 Å². The summed E-state index contributed by atoms with van der Waals surface area (Å²) in [5, 5.41) is 0. The number of halogens is 2. The van der Waals surface area contributed by atoms with E-state index < -0.39 is 0 Å². The van der Waals surface area contributed by atoms with Crippen molar-refractivity contribution in [3.05, 3.63) is 55.7 Å². The van der Waals surface area contributed by atoms with Gasteiger partial charge in [-0.1, -0.05) is 54.7 Å². The van der Waals surface area contributed by atoms with Crippen molar-refractivity contribution in [2.45, 2.75) is 25.2 Å². The number of hydrogen-bond donors (Lipinski definition) is 0. The van der Waals surface area contributed by atoms with E-state index in [4.69, 9.17) is 0 Å². The molecule has 1 aliphatic carbocycles. The standard InChI is InChI=1S/C15H16I2/c1-4-11-12-6-5-10(17)9-14(12)15(2,3)13(11)7-8-16/h4-9,11,13H,1H2,2-3H3/b8-7+. The topological polar surface area (TPSA) is 0 Å². The van der Waals surface area contributed by atoms with Gasteiger partial charge in [0.15, 0.2) is 0 Å². The third kappa shape index (κ3) is 2.23. The summed E-state index contributed by atoms with van der Waals surface area (Å²) in [5.74, 6) is 0.966. The van der Waals surface area contributed by atoms with E-state index in [1.54, 1.807) is 0 Å². The maximum atomic E-state index is 4.02. The highest BCUT2D eigenvalue weighted by Gasteiger charge is 2.43. The Bertz CT molecular complexity index is 472. The van der Waals surface area contributed by atoms with Crippen molar-refractivity contribution in [2.24, 2.45) is 5.92 Å². The molecule has 0 nitrogen and oxygen atoms in total. The molecule has 0 aromatic heterocycles. The van der Waals surface area contributed by atoms with Crippen LogP contribution in [-0.4, -0.2) is 0 Å². The molecule has 0 saturated heterocycles. The molecule has 17 heavy (non-hydrogen) atoms. The van der Waals surface area contributed by atoms with Crippen molar-refractivity contribution >= 4 is 45.2 Å². The Hall–Kier alpha value is 0.160. The van der Waals surface area contributed by atoms with E-state index in [0.29, 0.717) is 11.8 Å². The first-order chi connectivity index (χ1) is 8.02. The van der Waals surface area contributed by atoms with Gasteiger partial charge in [-0.15, -0.1) is 6.58 Å². The summed E-state index contributed by atoms with van der Waals surface area (Å²) < 4.78 is 3.45. The summed E-state index contributed by atoms with van der Waals surface area (Å²) in [4.78, 5) is 0. The summed E-state index contributed by atoms with van der Waals surface area (Å²) >= 11 is 4.70. The molecule has 0 N–H and O–H groups in total. The van der Waals surface area contributed by atoms with Crippen LogP contribution in [0.5, 0.6) is 0 Å². The number of allylic oxidation sites excluding steroid dienone is 2. The van der Waals surface area contributed by atoms with Crippen LogP contribution in [0.4, 0.5) is 0 Å². The smallest absolute Gasteiger partial charge is 0.0133 e. The summed E-state index contributed by atoms with van der Waals surface area (Å²) in [6.07, 6.45) is 4.42. The Labute approximate surface area is 131 Å². The SMILES string of the molecule is C=CC1c2ccc(I)cc2C(C)(C)C1/C=C/I. The molecule has 0 radical (unpaired) electrons. The Morgan fingerprint density at radius 1 is 1.35 bits per heavy atom. The fourth-order valence-electron chi connectivity index (χ4n) is 2.91. The van der Waals surface area contributed by atoms with Gasteiger partial charge in [0.25, 0.3) is 0 Å². The van der Waals surface area contributed by atoms with Crippen LogP contribution in [0.15, 0.2) is 41.0 Å². The van der Waals surface area contributed by atoms with Gasteiger partial charge in [0.05, 0.1) is 0 Å². The minimum Gasteiger partial charge on any atom is -0.102 e. The van der Waals surface area contributed by atoms with Gasteiger partial charge in [-0.25, -0.2) is 0 Å². The lowest BCUT2D eigenvalue weighted by molar-refractivity contribution is 0.397. The first-order valence-corrected chi connectivity index (χ1v) is 8.04. The third-order valence-corrected chi connectivity index (χ3v) is 4.91. The Morgan fingerprint density at radius 3 is 2.65 bits per heavy atom. The average molecular weight is 450 g/mol. The quantitative estimate of drug-likeness (QED) is 0.418. The molecule has 0 aliphatic heterocycles. The molecule has 2 atom stereocenters. The lowest BCUT2D eigenvalue weighted by Gasteiger charge is -2.28. The van der Waals surface area contributed by atoms with Gasteiger partial charge in [-0.3, -0.25) is 0 Å². The number of benzene rings is 1. The van der Waals surface area contributed by atoms with Crippen LogP contribution in [-0.2, 0) is 5.41 Å². The van der Waals surface area contributed by atoms with Crippen LogP contribution in [0.25, 0.3) is 0 Å². The van der Waals surface area contributed by atoms with Crippen molar-refractivity contribution in [3.8, 4) is 0 Å². The molecule has 2 rings (SSSR count). The molecule has 0 bridgehead atoms. The van der Waals surface area contributed by atoms with Gasteiger partial charge < -0.3 is 0 Å². The van der Waals surface area contributed by atoms with Crippen molar-refractivity contribution in [1.29, 1.82) is 0 Å². The molecule has 0 spiro atoms. The Morgan fingerprint density at radius 2 is 2.06 bits per heavy atom. The predicted octanol–water partition coefficient (Wildman–Crippen LogP) is 5.42. The molecule has 90 valence electrons. The summed E-state index contributed by atoms with van der Waals surface area (Å²) in [6.45, 7) is 8.70. The second-order valence-corrected chi connectivity index (χ2v) is 7.02. The zero-order valence-corrected chi connectivity index (χ0v) is 14.4. The molecule has 2 heteroatoms. The molecular weight excluding hydrogens is 434 g/mol. The van der Waals surface area contributed by atoms with Crippen molar-refractivity contribution in [2.75, 3.05) is 0 Å². The Kier molecular flexibility index (Phi) is 4.02. The van der Waals surface area contributed by atoms with E-state index in [0.717, 1.165) is 0 Å². The lowest BCUT2D eigenvalue weighted by atomic mass is 9.76. The van der Waals surface area contributed by atoms with Crippen LogP contribution in [0.3, 0.4) is 0 Å². The number of rotatable bonds is 2. The van der Waals surface area contributed by atoms with E-state index in [-0.39, 0.29) is 5.41 Å². The zero-order chi connectivity index (χ0) is 12.6. The Balaban J connectivity index is 2.62. The summed E-state index contributed by atoms with van der Waals surface area (Å²) in [6, 6.07) is 6.79. The summed E-state index contributed by atoms with van der Waals surface area (Å²) in [7, 11) is 0. The summed E-state index contributed by atoms with van der Waals surface area (Å²) in [5.41, 5.74) is 3.12. The molecule has 1 aromatic rings. The fraction of sp³-hybridized carbons (Fsp3) is 0.333. The van der Waals surface area contributed by atoms with E-state index in [2.05, 4.69) is 100 Å². The molecule has 0 amide bonds. The van der Waals surface area contributed by atoms with Gasteiger partial charge in [0, 0.05) is 9.49 Å². The zero-order valence-electron chi connectivity index (χ0n) is 10.1. The molecule has 2 unspecified atom stereocenters. The molecule has 1 aromatic carbocycles. The number of hydrogen-bond acceptors (Lipinski definition) is 0. The lowest BCUT2D eigenvalue weighted by Crippen LogP contribution is -2.23. The highest BCUT2D eigenvalue weighted by atomic mass is 127. The predicted molar refractivity (Wildman–Crippen MR) is 91.8 cm³/mol. The third-order valence-electron chi connectivity index (χ3n) is 3.82. The monoisotopic (exact) mass is 450 g/mol. The van der Waals surface area contributed by atoms with Gasteiger partial charge in [0.1, 0.15) is 0 Å². The minimum atomic E-state index is 0.192. The van der Waals surface area contributed by atoms with Gasteiger partial charge in [0.2, 0.25) is 0 Å². The normalized spacial score (nSPS) is 26.1. The highest BCUT2D eigenvalue weighted by Crippen LogP contribution is 2.51. The van der Waals surface area contributed by atoms with Gasteiger partial charge >= 0.3 is 0 Å². The first kappa shape index (κ1) is 13.6. The van der Waals surface area contributed by atoms with E-state index >= 15 is 0 Å². The largest absolute Gasteiger partial charge is 0.102 e. The second-order valence-electron chi connectivity index (χ2n) is 5.06. The average Bonchev–Trinajstić information content (AvgIpc) is 2.49. The van der Waals surface area contributed by atoms with Gasteiger partial charge in [-0.05, 0) is 61.3 Å². The molecule has 0 fully saturated rings. The van der Waals surface area contributed by atoms with Crippen molar-refractivity contribution < 1.29 is 0 Å². The van der Waals surface area contributed by atoms with Crippen LogP contribution in [0.1, 0.15) is 30.9 Å². The number of fused-ring (bicyclic) bond motifs is 1. The van der Waals surface area contributed by atoms with E-state index in [1.165, 1.54) is 14.7 Å². The van der Waals surface area contributed by atoms with Crippen LogP contribution in [0.2, 0.25) is 0 Å². The van der Waals surface area contributed by atoms with E-state index in [1.807, 2.05) is 0 Å². The maximum Gasteiger partial charge on any atom is 0.0133 e. The van der Waals surface area contributed by atoms with E-state index in [9.17, 15) is 0 Å². The highest BCUT2D eigenvalue weighted by molar-refractivity contribution is 14.1. The van der Waals surface area contributed by atoms with Crippen molar-refractivity contribution in [1.82, 2.24) is 0 Å². The van der Waals surface area contributed by atoms with Crippen LogP contribution < -0.4 is 0 Å². The molecule has 0 saturated carbocycles. The van der Waals surface area contributed by atoms with Crippen LogP contribution >= 0.6 is 45.2 Å². The molecular formula is C15H16I2. The second kappa shape index (κ2) is 5.03. The van der Waals surface area contributed by atoms with Crippen LogP contribution in [0, 0.1) is 9.49 Å². The minimum absolute atomic E-state index is 0.192. The van der Waals surface area contributed by atoms with Gasteiger partial charge in [-0.2, -0.15) is 0 Å². The molecule has 1 aliphatic rings. The fourth-order valence-corrected chi connectivity index (χ4v) is 3.85.